The molecule has 0 saturated carbocycles. The van der Waals surface area contributed by atoms with Gasteiger partial charge in [-0.1, -0.05) is 34.8 Å². The normalized spacial score (nSPS) is 10.8. The van der Waals surface area contributed by atoms with Gasteiger partial charge in [0.2, 0.25) is 5.91 Å². The number of halogens is 3. The third-order valence-corrected chi connectivity index (χ3v) is 4.14. The van der Waals surface area contributed by atoms with Gasteiger partial charge in [0.25, 0.3) is 5.91 Å². The van der Waals surface area contributed by atoms with Gasteiger partial charge in [-0.25, -0.2) is 0 Å². The van der Waals surface area contributed by atoms with E-state index in [-0.39, 0.29) is 11.8 Å². The van der Waals surface area contributed by atoms with Gasteiger partial charge in [-0.05, 0) is 36.4 Å². The molecule has 0 fully saturated rings. The van der Waals surface area contributed by atoms with Crippen LogP contribution >= 0.6 is 34.8 Å². The fraction of sp³-hybridized carbons (Fsp3) is 0.0588. The molecule has 4 nitrogen and oxygen atoms in total. The van der Waals surface area contributed by atoms with Crippen LogP contribution in [-0.2, 0) is 0 Å². The number of carbonyl (C=O) groups excluding carboxylic acids is 2. The van der Waals surface area contributed by atoms with Crippen molar-refractivity contribution < 1.29 is 9.59 Å². The number of benzene rings is 2. The number of aromatic nitrogens is 1. The Morgan fingerprint density at radius 1 is 0.958 bits per heavy atom. The molecule has 122 valence electrons. The first-order valence-corrected chi connectivity index (χ1v) is 8.07. The van der Waals surface area contributed by atoms with Crippen LogP contribution in [0.5, 0.6) is 0 Å². The van der Waals surface area contributed by atoms with E-state index in [1.807, 2.05) is 0 Å². The monoisotopic (exact) mass is 380 g/mol. The van der Waals surface area contributed by atoms with Crippen LogP contribution in [0.25, 0.3) is 10.9 Å². The molecule has 1 amide bonds. The van der Waals surface area contributed by atoms with Gasteiger partial charge in [0.1, 0.15) is 0 Å². The maximum absolute atomic E-state index is 12.6. The number of nitrogens with one attached hydrogen (secondary N) is 1. The Kier molecular flexibility index (Phi) is 4.54. The summed E-state index contributed by atoms with van der Waals surface area (Å²) in [6, 6.07) is 9.76. The number of hydrogen-bond acceptors (Lipinski definition) is 2. The molecular weight excluding hydrogens is 371 g/mol. The van der Waals surface area contributed by atoms with Crippen molar-refractivity contribution in [3.05, 3.63) is 63.2 Å². The summed E-state index contributed by atoms with van der Waals surface area (Å²) in [7, 11) is 0. The molecule has 1 N–H and O–H groups in total. The molecule has 1 heterocycles. The van der Waals surface area contributed by atoms with Gasteiger partial charge in [0.05, 0.1) is 11.1 Å². The topological polar surface area (TPSA) is 51.1 Å². The number of fused-ring (bicyclic) bond motifs is 1. The molecule has 0 aliphatic carbocycles. The van der Waals surface area contributed by atoms with Crippen molar-refractivity contribution in [3.8, 4) is 0 Å². The molecule has 3 aromatic rings. The van der Waals surface area contributed by atoms with Crippen LogP contribution in [0.2, 0.25) is 15.1 Å². The lowest BCUT2D eigenvalue weighted by Gasteiger charge is -2.05. The molecule has 0 aliphatic rings. The van der Waals surface area contributed by atoms with Crippen LogP contribution in [0.1, 0.15) is 22.1 Å². The van der Waals surface area contributed by atoms with E-state index in [1.54, 1.807) is 36.4 Å². The van der Waals surface area contributed by atoms with E-state index < -0.39 is 0 Å². The van der Waals surface area contributed by atoms with Crippen LogP contribution in [0, 0.1) is 0 Å². The van der Waals surface area contributed by atoms with Crippen LogP contribution in [0.3, 0.4) is 0 Å². The molecule has 2 aromatic carbocycles. The molecule has 0 spiro atoms. The number of rotatable bonds is 2. The third-order valence-electron chi connectivity index (χ3n) is 3.47. The van der Waals surface area contributed by atoms with Crippen molar-refractivity contribution >= 4 is 63.2 Å². The maximum Gasteiger partial charge on any atom is 0.257 e. The summed E-state index contributed by atoms with van der Waals surface area (Å²) < 4.78 is 1.41. The zero-order valence-electron chi connectivity index (χ0n) is 12.4. The molecule has 0 bridgehead atoms. The van der Waals surface area contributed by atoms with E-state index >= 15 is 0 Å². The fourth-order valence-corrected chi connectivity index (χ4v) is 3.17. The van der Waals surface area contributed by atoms with E-state index in [9.17, 15) is 9.59 Å². The Bertz CT molecular complexity index is 959. The molecule has 0 aliphatic heterocycles. The zero-order chi connectivity index (χ0) is 17.4. The lowest BCUT2D eigenvalue weighted by molar-refractivity contribution is 0.0941. The van der Waals surface area contributed by atoms with Crippen LogP contribution in [-0.4, -0.2) is 16.4 Å². The van der Waals surface area contributed by atoms with E-state index in [1.165, 1.54) is 17.7 Å². The van der Waals surface area contributed by atoms with Gasteiger partial charge in [0, 0.05) is 39.3 Å². The summed E-state index contributed by atoms with van der Waals surface area (Å²) in [5, 5.41) is 4.61. The first-order valence-electron chi connectivity index (χ1n) is 6.94. The first-order chi connectivity index (χ1) is 11.3. The third kappa shape index (κ3) is 3.26. The Hall–Kier alpha value is -2.01. The minimum Gasteiger partial charge on any atom is -0.322 e. The Balaban J connectivity index is 2.06. The summed E-state index contributed by atoms with van der Waals surface area (Å²) >= 11 is 17.9. The summed E-state index contributed by atoms with van der Waals surface area (Å²) in [4.78, 5) is 24.4. The summed E-state index contributed by atoms with van der Waals surface area (Å²) in [5.41, 5.74) is 1.41. The number of amides is 1. The molecule has 24 heavy (non-hydrogen) atoms. The summed E-state index contributed by atoms with van der Waals surface area (Å²) in [5.74, 6) is -0.590. The second-order valence-electron chi connectivity index (χ2n) is 5.21. The van der Waals surface area contributed by atoms with E-state index in [4.69, 9.17) is 34.8 Å². The standard InChI is InChI=1S/C17H11Cl3N2O2/c1-9(23)22-8-15(14-7-10(18)2-3-16(14)22)17(24)21-13-5-11(19)4-12(20)6-13/h2-8H,1H3,(H,21,24). The molecule has 3 rings (SSSR count). The van der Waals surface area contributed by atoms with E-state index in [0.29, 0.717) is 37.2 Å². The largest absolute Gasteiger partial charge is 0.322 e. The van der Waals surface area contributed by atoms with Crippen molar-refractivity contribution in [2.75, 3.05) is 5.32 Å². The molecule has 1 aromatic heterocycles. The van der Waals surface area contributed by atoms with Crippen molar-refractivity contribution in [2.45, 2.75) is 6.92 Å². The van der Waals surface area contributed by atoms with Crippen molar-refractivity contribution in [2.24, 2.45) is 0 Å². The molecule has 0 radical (unpaired) electrons. The lowest BCUT2D eigenvalue weighted by Crippen LogP contribution is -2.12. The highest BCUT2D eigenvalue weighted by Gasteiger charge is 2.17. The molecule has 7 heteroatoms. The van der Waals surface area contributed by atoms with Crippen molar-refractivity contribution in [1.82, 2.24) is 4.57 Å². The Labute approximate surface area is 152 Å². The number of carbonyl (C=O) groups is 2. The SMILES string of the molecule is CC(=O)n1cc(C(=O)Nc2cc(Cl)cc(Cl)c2)c2cc(Cl)ccc21. The minimum absolute atomic E-state index is 0.202. The quantitative estimate of drug-likeness (QED) is 0.636. The average molecular weight is 382 g/mol. The van der Waals surface area contributed by atoms with Crippen LogP contribution in [0.15, 0.2) is 42.6 Å². The second kappa shape index (κ2) is 6.48. The lowest BCUT2D eigenvalue weighted by atomic mass is 10.1. The molecule has 0 atom stereocenters. The predicted octanol–water partition coefficient (Wildman–Crippen LogP) is 5.51. The van der Waals surface area contributed by atoms with Crippen molar-refractivity contribution in [1.29, 1.82) is 0 Å². The maximum atomic E-state index is 12.6. The van der Waals surface area contributed by atoms with Gasteiger partial charge >= 0.3 is 0 Å². The minimum atomic E-state index is -0.388. The predicted molar refractivity (Wildman–Crippen MR) is 97.7 cm³/mol. The average Bonchev–Trinajstić information content (AvgIpc) is 2.84. The van der Waals surface area contributed by atoms with Crippen molar-refractivity contribution in [3.63, 3.8) is 0 Å². The summed E-state index contributed by atoms with van der Waals surface area (Å²) in [6.45, 7) is 1.42. The molecule has 0 unspecified atom stereocenters. The van der Waals surface area contributed by atoms with Gasteiger partial charge < -0.3 is 5.32 Å². The first kappa shape index (κ1) is 16.8. The number of anilines is 1. The molecular formula is C17H11Cl3N2O2. The molecule has 0 saturated heterocycles. The Morgan fingerprint density at radius 2 is 1.62 bits per heavy atom. The van der Waals surface area contributed by atoms with Gasteiger partial charge in [-0.3, -0.25) is 14.2 Å². The van der Waals surface area contributed by atoms with Crippen LogP contribution < -0.4 is 5.32 Å². The summed E-state index contributed by atoms with van der Waals surface area (Å²) in [6.07, 6.45) is 1.49. The van der Waals surface area contributed by atoms with Gasteiger partial charge in [0.15, 0.2) is 0 Å². The number of nitrogens with zero attached hydrogens (tertiary/aromatic N) is 1. The van der Waals surface area contributed by atoms with E-state index in [2.05, 4.69) is 5.32 Å². The second-order valence-corrected chi connectivity index (χ2v) is 6.51. The fourth-order valence-electron chi connectivity index (χ4n) is 2.47. The smallest absolute Gasteiger partial charge is 0.257 e. The van der Waals surface area contributed by atoms with E-state index in [0.717, 1.165) is 0 Å². The highest BCUT2D eigenvalue weighted by molar-refractivity contribution is 6.35. The van der Waals surface area contributed by atoms with Crippen LogP contribution in [0.4, 0.5) is 5.69 Å². The zero-order valence-corrected chi connectivity index (χ0v) is 14.7. The van der Waals surface area contributed by atoms with Gasteiger partial charge in [-0.2, -0.15) is 0 Å². The number of hydrogen-bond donors (Lipinski definition) is 1. The highest BCUT2D eigenvalue weighted by Crippen LogP contribution is 2.27. The Morgan fingerprint density at radius 3 is 2.25 bits per heavy atom. The van der Waals surface area contributed by atoms with Gasteiger partial charge in [-0.15, -0.1) is 0 Å². The highest BCUT2D eigenvalue weighted by atomic mass is 35.5.